The van der Waals surface area contributed by atoms with Crippen molar-refractivity contribution in [2.45, 2.75) is 58.4 Å². The number of unbranched alkanes of at least 4 members (excludes halogenated alkanes) is 1. The number of halogens is 1. The van der Waals surface area contributed by atoms with Gasteiger partial charge in [0.1, 0.15) is 5.82 Å². The van der Waals surface area contributed by atoms with E-state index >= 15 is 0 Å². The molecule has 3 aromatic rings. The average molecular weight is 544 g/mol. The number of rotatable bonds is 6. The van der Waals surface area contributed by atoms with Gasteiger partial charge < -0.3 is 28.1 Å². The zero-order valence-electron chi connectivity index (χ0n) is 20.2. The fraction of sp³-hybridized carbons (Fsp3) is 0.400. The number of imidazole rings is 1. The van der Waals surface area contributed by atoms with E-state index in [9.17, 15) is 0 Å². The van der Waals surface area contributed by atoms with Gasteiger partial charge >= 0.3 is 0 Å². The molecule has 0 spiro atoms. The van der Waals surface area contributed by atoms with Gasteiger partial charge in [-0.3, -0.25) is 4.98 Å². The Kier molecular flexibility index (Phi) is 12.0. The Morgan fingerprint density at radius 2 is 1.91 bits per heavy atom. The molecule has 6 nitrogen and oxygen atoms in total. The van der Waals surface area contributed by atoms with Crippen molar-refractivity contribution in [2.75, 3.05) is 11.9 Å². The van der Waals surface area contributed by atoms with E-state index in [1.54, 1.807) is 13.0 Å². The third kappa shape index (κ3) is 5.62. The molecule has 0 saturated heterocycles. The maximum Gasteiger partial charge on any atom is 0.116 e. The zero-order chi connectivity index (χ0) is 23.9. The average Bonchev–Trinajstić information content (AvgIpc) is 3.27. The summed E-state index contributed by atoms with van der Waals surface area (Å²) in [5, 5.41) is 0.608. The molecule has 4 rings (SSSR count). The largest absolute Gasteiger partial charge is 0.630 e. The Morgan fingerprint density at radius 1 is 1.21 bits per heavy atom. The maximum atomic E-state index is 8.51. The van der Waals surface area contributed by atoms with Crippen molar-refractivity contribution in [1.82, 2.24) is 14.6 Å². The second-order valence-electron chi connectivity index (χ2n) is 7.46. The van der Waals surface area contributed by atoms with E-state index in [-0.39, 0.29) is 38.1 Å². The van der Waals surface area contributed by atoms with E-state index in [0.29, 0.717) is 22.9 Å². The van der Waals surface area contributed by atoms with Crippen LogP contribution in [0, 0.1) is 6.92 Å². The molecule has 33 heavy (non-hydrogen) atoms. The topological polar surface area (TPSA) is 83.8 Å². The SMILES string of the molecule is C=C1N(Cc2nc3ccc(Cl)cc3n2[NH-])c2cnccc2C1(CC)CCCC.CN.[CH2-]C.[Y]. The molecule has 0 amide bonds. The Labute approximate surface area is 228 Å². The van der Waals surface area contributed by atoms with Gasteiger partial charge in [0.15, 0.2) is 0 Å². The van der Waals surface area contributed by atoms with Crippen LogP contribution in [0.3, 0.4) is 0 Å². The van der Waals surface area contributed by atoms with Crippen LogP contribution < -0.4 is 10.6 Å². The molecule has 3 heterocycles. The Balaban J connectivity index is 0.00000103. The van der Waals surface area contributed by atoms with E-state index in [1.165, 1.54) is 17.3 Å². The smallest absolute Gasteiger partial charge is 0.116 e. The first-order chi connectivity index (χ1) is 15.5. The predicted molar refractivity (Wildman–Crippen MR) is 137 cm³/mol. The second-order valence-corrected chi connectivity index (χ2v) is 7.90. The molecule has 1 aliphatic rings. The van der Waals surface area contributed by atoms with Crippen molar-refractivity contribution in [3.63, 3.8) is 0 Å². The number of nitrogens with zero attached hydrogens (tertiary/aromatic N) is 4. The molecule has 0 aliphatic carbocycles. The van der Waals surface area contributed by atoms with E-state index in [2.05, 4.69) is 54.0 Å². The molecule has 2 aromatic heterocycles. The fourth-order valence-corrected chi connectivity index (χ4v) is 4.59. The summed E-state index contributed by atoms with van der Waals surface area (Å²) >= 11 is 6.11. The molecule has 8 heteroatoms. The summed E-state index contributed by atoms with van der Waals surface area (Å²) in [6, 6.07) is 7.58. The molecule has 1 unspecified atom stereocenters. The van der Waals surface area contributed by atoms with Crippen molar-refractivity contribution >= 4 is 28.3 Å². The van der Waals surface area contributed by atoms with E-state index in [1.807, 2.05) is 24.5 Å². The van der Waals surface area contributed by atoms with Crippen LogP contribution >= 0.6 is 11.6 Å². The summed E-state index contributed by atoms with van der Waals surface area (Å²) < 4.78 is 1.38. The number of anilines is 1. The molecule has 1 aliphatic heterocycles. The Bertz CT molecular complexity index is 1050. The summed E-state index contributed by atoms with van der Waals surface area (Å²) in [5.41, 5.74) is 9.37. The molecule has 1 radical (unpaired) electrons. The summed E-state index contributed by atoms with van der Waals surface area (Å²) in [6.07, 6.45) is 8.15. The molecular weight excluding hydrogens is 509 g/mol. The number of benzene rings is 1. The molecule has 0 fully saturated rings. The molecule has 0 saturated carbocycles. The van der Waals surface area contributed by atoms with Crippen LogP contribution in [-0.4, -0.2) is 21.7 Å². The number of nitrogens with one attached hydrogen (secondary N) is 1. The van der Waals surface area contributed by atoms with Gasteiger partial charge in [0, 0.05) is 55.0 Å². The first-order valence-corrected chi connectivity index (χ1v) is 11.5. The van der Waals surface area contributed by atoms with Crippen molar-refractivity contribution < 1.29 is 32.7 Å². The number of hydrogen-bond donors (Lipinski definition) is 1. The molecular formula is C25H35ClN6Y-2. The Morgan fingerprint density at radius 3 is 2.55 bits per heavy atom. The fourth-order valence-electron chi connectivity index (χ4n) is 4.42. The van der Waals surface area contributed by atoms with Crippen LogP contribution in [0.1, 0.15) is 57.8 Å². The summed E-state index contributed by atoms with van der Waals surface area (Å²) in [4.78, 5) is 11.2. The third-order valence-corrected chi connectivity index (χ3v) is 6.27. The van der Waals surface area contributed by atoms with Gasteiger partial charge in [-0.2, -0.15) is 6.92 Å². The number of hydrogen-bond acceptors (Lipinski definition) is 4. The van der Waals surface area contributed by atoms with Gasteiger partial charge in [-0.25, -0.2) is 4.98 Å². The van der Waals surface area contributed by atoms with Crippen LogP contribution in [0.5, 0.6) is 0 Å². The molecule has 1 aromatic carbocycles. The number of pyridine rings is 1. The van der Waals surface area contributed by atoms with Gasteiger partial charge in [-0.05, 0) is 49.7 Å². The van der Waals surface area contributed by atoms with Gasteiger partial charge in [0.05, 0.1) is 29.5 Å². The molecule has 3 N–H and O–H groups in total. The predicted octanol–water partition coefficient (Wildman–Crippen LogP) is 6.68. The molecule has 1 atom stereocenters. The minimum Gasteiger partial charge on any atom is -0.630 e. The number of fused-ring (bicyclic) bond motifs is 2. The van der Waals surface area contributed by atoms with Crippen molar-refractivity contribution in [2.24, 2.45) is 5.73 Å². The van der Waals surface area contributed by atoms with Crippen LogP contribution in [0.2, 0.25) is 5.02 Å². The zero-order valence-corrected chi connectivity index (χ0v) is 23.8. The summed E-state index contributed by atoms with van der Waals surface area (Å²) in [7, 11) is 1.50. The standard InChI is InChI=1S/C22H25ClN5.C2H5.CH5N.Y/c1-4-6-10-22(5-2)15(3)27(20-13-25-11-9-17(20)22)14-21-26-18-8-7-16(23)12-19(18)28(21)24;2*1-2;/h7-9,11-13,24H,3-6,10,14H2,1-2H3;1H2,2H3;2H2,1H3;/q2*-1;;. The van der Waals surface area contributed by atoms with Crippen LogP contribution in [0.4, 0.5) is 5.69 Å². The van der Waals surface area contributed by atoms with Crippen molar-refractivity contribution in [3.8, 4) is 0 Å². The van der Waals surface area contributed by atoms with E-state index in [4.69, 9.17) is 17.4 Å². The van der Waals surface area contributed by atoms with Crippen LogP contribution in [0.25, 0.3) is 16.9 Å². The molecule has 0 bridgehead atoms. The normalized spacial score (nSPS) is 16.3. The van der Waals surface area contributed by atoms with Gasteiger partial charge in [0.2, 0.25) is 0 Å². The quantitative estimate of drug-likeness (QED) is 0.351. The number of nitrogens with two attached hydrogens (primary N) is 1. The van der Waals surface area contributed by atoms with Gasteiger partial charge in [-0.1, -0.05) is 44.9 Å². The van der Waals surface area contributed by atoms with Crippen LogP contribution in [0.15, 0.2) is 48.9 Å². The van der Waals surface area contributed by atoms with Crippen molar-refractivity contribution in [3.05, 3.63) is 78.1 Å². The second kappa shape index (κ2) is 13.4. The minimum atomic E-state index is -0.0730. The van der Waals surface area contributed by atoms with Crippen molar-refractivity contribution in [1.29, 1.82) is 0 Å². The summed E-state index contributed by atoms with van der Waals surface area (Å²) in [6.45, 7) is 14.4. The Hall–Kier alpha value is -1.47. The third-order valence-electron chi connectivity index (χ3n) is 6.03. The van der Waals surface area contributed by atoms with E-state index < -0.39 is 0 Å². The van der Waals surface area contributed by atoms with E-state index in [0.717, 1.165) is 42.6 Å². The van der Waals surface area contributed by atoms with Crippen LogP contribution in [-0.2, 0) is 44.7 Å². The first kappa shape index (κ1) is 29.6. The molecule has 177 valence electrons. The number of allylic oxidation sites excluding steroid dienone is 1. The summed E-state index contributed by atoms with van der Waals surface area (Å²) in [5.74, 6) is 9.17. The van der Waals surface area contributed by atoms with Gasteiger partial charge in [0.25, 0.3) is 0 Å². The van der Waals surface area contributed by atoms with Gasteiger partial charge in [-0.15, -0.1) is 0 Å². The number of aromatic nitrogens is 3. The maximum absolute atomic E-state index is 8.51. The first-order valence-electron chi connectivity index (χ1n) is 11.1. The monoisotopic (exact) mass is 543 g/mol. The minimum absolute atomic E-state index is 0.